The Hall–Kier alpha value is -7.08. The Morgan fingerprint density at radius 3 is 1.43 bits per heavy atom. The molecule has 10 rings (SSSR count). The van der Waals surface area contributed by atoms with E-state index in [1.807, 2.05) is 39.5 Å². The van der Waals surface area contributed by atoms with Gasteiger partial charge in [-0.05, 0) is 51.7 Å². The number of hydrogen-bond donors (Lipinski definition) is 0. The molecular formula is C50H56F2N14O6S2. The lowest BCUT2D eigenvalue weighted by molar-refractivity contribution is -0.121. The van der Waals surface area contributed by atoms with Gasteiger partial charge in [0, 0.05) is 155 Å². The molecule has 74 heavy (non-hydrogen) atoms. The smallest absolute Gasteiger partial charge is 0.216 e. The van der Waals surface area contributed by atoms with E-state index in [0.29, 0.717) is 124 Å². The van der Waals surface area contributed by atoms with E-state index in [9.17, 15) is 35.2 Å². The van der Waals surface area contributed by atoms with Crippen LogP contribution in [0.25, 0.3) is 23.3 Å². The van der Waals surface area contributed by atoms with Crippen molar-refractivity contribution in [3.63, 3.8) is 0 Å². The maximum absolute atomic E-state index is 14.7. The quantitative estimate of drug-likeness (QED) is 0.149. The summed E-state index contributed by atoms with van der Waals surface area (Å²) in [7, 11) is -6.70. The van der Waals surface area contributed by atoms with Gasteiger partial charge in [0.15, 0.2) is 54.5 Å². The van der Waals surface area contributed by atoms with E-state index in [-0.39, 0.29) is 41.3 Å². The van der Waals surface area contributed by atoms with E-state index in [2.05, 4.69) is 44.9 Å². The van der Waals surface area contributed by atoms with Gasteiger partial charge in [-0.3, -0.25) is 9.59 Å². The lowest BCUT2D eigenvalue weighted by atomic mass is 9.93. The van der Waals surface area contributed by atoms with Gasteiger partial charge in [0.05, 0.1) is 23.5 Å². The molecule has 0 amide bonds. The summed E-state index contributed by atoms with van der Waals surface area (Å²) in [6.07, 6.45) is 15.7. The van der Waals surface area contributed by atoms with Crippen molar-refractivity contribution in [3.05, 3.63) is 108 Å². The van der Waals surface area contributed by atoms with Crippen molar-refractivity contribution in [1.82, 2.24) is 49.8 Å². The number of carbonyl (C=O) groups is 2. The summed E-state index contributed by atoms with van der Waals surface area (Å²) in [5.74, 6) is 0.551. The average Bonchev–Trinajstić information content (AvgIpc) is 3.38. The lowest BCUT2D eigenvalue weighted by Crippen LogP contribution is -2.39. The summed E-state index contributed by atoms with van der Waals surface area (Å²) in [5, 5.41) is 0. The summed E-state index contributed by atoms with van der Waals surface area (Å²) in [5.41, 5.74) is 4.42. The second-order valence-corrected chi connectivity index (χ2v) is 23.5. The van der Waals surface area contributed by atoms with Crippen LogP contribution in [0, 0.1) is 23.6 Å². The third-order valence-corrected chi connectivity index (χ3v) is 15.5. The van der Waals surface area contributed by atoms with Crippen LogP contribution in [0.2, 0.25) is 0 Å². The highest BCUT2D eigenvalue weighted by molar-refractivity contribution is 7.91. The Kier molecular flexibility index (Phi) is 15.3. The van der Waals surface area contributed by atoms with Crippen LogP contribution in [0.5, 0.6) is 0 Å². The molecule has 0 saturated carbocycles. The molecule has 4 aliphatic rings. The van der Waals surface area contributed by atoms with Crippen LogP contribution in [-0.2, 0) is 42.1 Å². The minimum absolute atomic E-state index is 0.115. The predicted molar refractivity (Wildman–Crippen MR) is 273 cm³/mol. The Morgan fingerprint density at radius 1 is 0.541 bits per heavy atom. The van der Waals surface area contributed by atoms with Gasteiger partial charge in [-0.1, -0.05) is 0 Å². The van der Waals surface area contributed by atoms with Crippen LogP contribution < -0.4 is 19.6 Å². The minimum Gasteiger partial charge on any atom is -0.371 e. The largest absolute Gasteiger partial charge is 0.371 e. The third kappa shape index (κ3) is 12.3. The van der Waals surface area contributed by atoms with E-state index in [1.165, 1.54) is 18.2 Å². The SMILES string of the molecule is CC1c2cnc(-c3ncccn3)nc2CCN1c1cc(F)cc(N2CCC(C(=O)CS(C)(=O)=O)CC2)n1.CC1c2cnc(-c3ncccn3)nc2CCN1c1cc(N2CCC(C(=O)CS(C)(=O)=O)CC2)cc(F)n1. The van der Waals surface area contributed by atoms with Gasteiger partial charge in [0.2, 0.25) is 5.95 Å². The number of aromatic nitrogens is 10. The molecule has 388 valence electrons. The number of anilines is 4. The van der Waals surface area contributed by atoms with E-state index >= 15 is 0 Å². The first-order valence-electron chi connectivity index (χ1n) is 24.4. The van der Waals surface area contributed by atoms with Gasteiger partial charge in [-0.25, -0.2) is 71.1 Å². The number of pyridine rings is 2. The number of Topliss-reactive ketones (excluding diaryl/α,β-unsaturated/α-hetero) is 2. The van der Waals surface area contributed by atoms with Gasteiger partial charge < -0.3 is 19.6 Å². The summed E-state index contributed by atoms with van der Waals surface area (Å²) in [6.45, 7) is 7.35. The second-order valence-electron chi connectivity index (χ2n) is 19.2. The van der Waals surface area contributed by atoms with Crippen molar-refractivity contribution >= 4 is 54.4 Å². The zero-order valence-corrected chi connectivity index (χ0v) is 43.1. The maximum Gasteiger partial charge on any atom is 0.216 e. The summed E-state index contributed by atoms with van der Waals surface area (Å²) >= 11 is 0. The monoisotopic (exact) mass is 1050 g/mol. The molecule has 6 aromatic rings. The maximum atomic E-state index is 14.7. The van der Waals surface area contributed by atoms with Gasteiger partial charge >= 0.3 is 0 Å². The van der Waals surface area contributed by atoms with Crippen molar-refractivity contribution in [2.75, 3.05) is 82.9 Å². The molecule has 24 heteroatoms. The number of rotatable bonds is 12. The zero-order valence-electron chi connectivity index (χ0n) is 41.4. The van der Waals surface area contributed by atoms with Crippen molar-refractivity contribution in [3.8, 4) is 23.3 Å². The molecule has 2 atom stereocenters. The molecule has 6 aromatic heterocycles. The molecular weight excluding hydrogens is 995 g/mol. The summed E-state index contributed by atoms with van der Waals surface area (Å²) in [6, 6.07) is 9.36. The second kappa shape index (κ2) is 21.8. The standard InChI is InChI=1S/2C25H28FN7O3S/c1-16-19-14-29-25(24-27-7-3-8-28-24)30-20(19)6-11-33(16)23-13-18(12-22(26)31-23)32-9-4-17(5-10-32)21(34)15-37(2,35)36;1-16-19-14-29-25(24-27-7-3-8-28-24)30-20(19)6-11-33(16)23-13-18(26)12-22(31-23)32-9-4-17(5-10-32)21(34)15-37(2,35)36/h2*3,7-8,12-14,16-17H,4-6,9-11,15H2,1-2H3. The van der Waals surface area contributed by atoms with Crippen molar-refractivity contribution in [1.29, 1.82) is 0 Å². The van der Waals surface area contributed by atoms with Crippen LogP contribution in [0.3, 0.4) is 0 Å². The van der Waals surface area contributed by atoms with E-state index in [4.69, 9.17) is 4.98 Å². The molecule has 0 spiro atoms. The Balaban J connectivity index is 0.000000182. The third-order valence-electron chi connectivity index (χ3n) is 13.9. The molecule has 0 radical (unpaired) electrons. The van der Waals surface area contributed by atoms with Crippen LogP contribution in [-0.4, -0.2) is 142 Å². The molecule has 0 bridgehead atoms. The van der Waals surface area contributed by atoms with Gasteiger partial charge in [-0.2, -0.15) is 4.39 Å². The molecule has 0 aromatic carbocycles. The van der Waals surface area contributed by atoms with Crippen LogP contribution >= 0.6 is 0 Å². The van der Waals surface area contributed by atoms with Gasteiger partial charge in [-0.15, -0.1) is 0 Å². The molecule has 0 aliphatic carbocycles. The topological polar surface area (TPSA) is 244 Å². The van der Waals surface area contributed by atoms with Gasteiger partial charge in [0.25, 0.3) is 0 Å². The highest BCUT2D eigenvalue weighted by Crippen LogP contribution is 2.37. The van der Waals surface area contributed by atoms with Crippen molar-refractivity contribution in [2.24, 2.45) is 11.8 Å². The van der Waals surface area contributed by atoms with Crippen molar-refractivity contribution in [2.45, 2.75) is 64.5 Å². The number of nitrogens with zero attached hydrogens (tertiary/aromatic N) is 14. The molecule has 4 aliphatic heterocycles. The van der Waals surface area contributed by atoms with Crippen LogP contribution in [0.15, 0.2) is 73.6 Å². The first-order valence-corrected chi connectivity index (χ1v) is 28.5. The first-order chi connectivity index (χ1) is 35.4. The predicted octanol–water partition coefficient (Wildman–Crippen LogP) is 4.84. The lowest BCUT2D eigenvalue weighted by Gasteiger charge is -2.37. The average molecular weight is 1050 g/mol. The van der Waals surface area contributed by atoms with E-state index in [0.717, 1.165) is 35.0 Å². The van der Waals surface area contributed by atoms with E-state index < -0.39 is 37.1 Å². The number of fused-ring (bicyclic) bond motifs is 2. The Bertz CT molecular complexity index is 3040. The minimum atomic E-state index is -3.35. The number of halogens is 2. The number of hydrogen-bond acceptors (Lipinski definition) is 20. The summed E-state index contributed by atoms with van der Waals surface area (Å²) < 4.78 is 75.3. The number of piperidine rings is 2. The fourth-order valence-corrected chi connectivity index (χ4v) is 11.5. The number of carbonyl (C=O) groups excluding carboxylic acids is 2. The highest BCUT2D eigenvalue weighted by Gasteiger charge is 2.33. The Morgan fingerprint density at radius 2 is 0.973 bits per heavy atom. The molecule has 0 N–H and O–H groups in total. The normalized spacial score (nSPS) is 18.5. The highest BCUT2D eigenvalue weighted by atomic mass is 32.2. The molecule has 20 nitrogen and oxygen atoms in total. The summed E-state index contributed by atoms with van der Waals surface area (Å²) in [4.78, 5) is 76.8. The van der Waals surface area contributed by atoms with Crippen LogP contribution in [0.4, 0.5) is 31.9 Å². The first kappa shape index (κ1) is 51.8. The molecule has 2 unspecified atom stereocenters. The Labute approximate surface area is 428 Å². The fraction of sp³-hybridized carbons (Fsp3) is 0.440. The fourth-order valence-electron chi connectivity index (χ4n) is 10.0. The molecule has 2 saturated heterocycles. The van der Waals surface area contributed by atoms with Gasteiger partial charge in [0.1, 0.15) is 34.8 Å². The number of ketones is 2. The van der Waals surface area contributed by atoms with Crippen molar-refractivity contribution < 1.29 is 35.2 Å². The molecule has 10 heterocycles. The zero-order chi connectivity index (χ0) is 52.3. The molecule has 2 fully saturated rings. The van der Waals surface area contributed by atoms with Crippen LogP contribution in [0.1, 0.15) is 74.1 Å². The van der Waals surface area contributed by atoms with E-state index in [1.54, 1.807) is 49.3 Å². The number of sulfone groups is 2.